The monoisotopic (exact) mass is 379 g/mol. The van der Waals surface area contributed by atoms with Gasteiger partial charge in [0.25, 0.3) is 0 Å². The SMILES string of the molecule is C=CC[N+](CC=C)(CC=C)CCC[Si](C)(C)C.[I-]. The van der Waals surface area contributed by atoms with Gasteiger partial charge in [0.05, 0.1) is 26.2 Å². The van der Waals surface area contributed by atoms with Crippen LogP contribution >= 0.6 is 0 Å². The maximum Gasteiger partial charge on any atom is 0.0975 e. The van der Waals surface area contributed by atoms with Gasteiger partial charge in [0, 0.05) is 8.07 Å². The van der Waals surface area contributed by atoms with Crippen molar-refractivity contribution >= 4 is 8.07 Å². The molecule has 0 aromatic carbocycles. The van der Waals surface area contributed by atoms with Gasteiger partial charge in [-0.1, -0.05) is 45.4 Å². The number of quaternary nitrogens is 1. The van der Waals surface area contributed by atoms with Crippen LogP contribution in [-0.2, 0) is 0 Å². The molecular weight excluding hydrogens is 349 g/mol. The molecule has 0 aromatic rings. The first-order valence-electron chi connectivity index (χ1n) is 6.57. The maximum atomic E-state index is 3.89. The molecule has 3 heteroatoms. The van der Waals surface area contributed by atoms with Crippen molar-refractivity contribution in [2.24, 2.45) is 0 Å². The fraction of sp³-hybridized carbons (Fsp3) is 0.600. The topological polar surface area (TPSA) is 0 Å². The van der Waals surface area contributed by atoms with E-state index in [-0.39, 0.29) is 24.0 Å². The molecule has 0 heterocycles. The van der Waals surface area contributed by atoms with Gasteiger partial charge >= 0.3 is 0 Å². The molecule has 0 aliphatic carbocycles. The third-order valence-corrected chi connectivity index (χ3v) is 4.96. The summed E-state index contributed by atoms with van der Waals surface area (Å²) < 4.78 is 1.04. The average molecular weight is 379 g/mol. The Kier molecular flexibility index (Phi) is 11.3. The van der Waals surface area contributed by atoms with Crippen LogP contribution in [0.15, 0.2) is 38.0 Å². The Balaban J connectivity index is 0. The van der Waals surface area contributed by atoms with E-state index in [9.17, 15) is 0 Å². The Morgan fingerprint density at radius 3 is 1.56 bits per heavy atom. The molecule has 1 nitrogen and oxygen atoms in total. The lowest BCUT2D eigenvalue weighted by Gasteiger charge is -2.36. The molecule has 0 N–H and O–H groups in total. The van der Waals surface area contributed by atoms with E-state index in [1.807, 2.05) is 18.2 Å². The second-order valence-corrected chi connectivity index (χ2v) is 11.8. The number of hydrogen-bond acceptors (Lipinski definition) is 0. The summed E-state index contributed by atoms with van der Waals surface area (Å²) in [6.45, 7) is 23.3. The van der Waals surface area contributed by atoms with Gasteiger partial charge in [-0.3, -0.25) is 0 Å². The van der Waals surface area contributed by atoms with Crippen LogP contribution in [0.5, 0.6) is 0 Å². The Labute approximate surface area is 132 Å². The van der Waals surface area contributed by atoms with Crippen molar-refractivity contribution in [3.63, 3.8) is 0 Å². The lowest BCUT2D eigenvalue weighted by Crippen LogP contribution is -3.00. The summed E-state index contributed by atoms with van der Waals surface area (Å²) in [7, 11) is -0.913. The minimum atomic E-state index is -0.913. The molecule has 0 amide bonds. The number of nitrogens with zero attached hydrogens (tertiary/aromatic N) is 1. The predicted molar refractivity (Wildman–Crippen MR) is 83.1 cm³/mol. The maximum absolute atomic E-state index is 3.89. The van der Waals surface area contributed by atoms with Crippen LogP contribution < -0.4 is 24.0 Å². The van der Waals surface area contributed by atoms with Crippen molar-refractivity contribution in [1.29, 1.82) is 0 Å². The highest BCUT2D eigenvalue weighted by molar-refractivity contribution is 6.76. The second-order valence-electron chi connectivity index (χ2n) is 6.14. The van der Waals surface area contributed by atoms with E-state index in [0.29, 0.717) is 0 Å². The summed E-state index contributed by atoms with van der Waals surface area (Å²) in [5.74, 6) is 0. The van der Waals surface area contributed by atoms with Crippen LogP contribution in [0.3, 0.4) is 0 Å². The fourth-order valence-electron chi connectivity index (χ4n) is 2.26. The molecule has 0 fully saturated rings. The van der Waals surface area contributed by atoms with Crippen molar-refractivity contribution in [3.8, 4) is 0 Å². The van der Waals surface area contributed by atoms with E-state index < -0.39 is 8.07 Å². The largest absolute Gasteiger partial charge is 1.00 e. The summed E-state index contributed by atoms with van der Waals surface area (Å²) in [6.07, 6.45) is 7.40. The number of hydrogen-bond donors (Lipinski definition) is 0. The Morgan fingerprint density at radius 1 is 0.889 bits per heavy atom. The summed E-state index contributed by atoms with van der Waals surface area (Å²) in [5, 5.41) is 0. The summed E-state index contributed by atoms with van der Waals surface area (Å²) >= 11 is 0. The van der Waals surface area contributed by atoms with Gasteiger partial charge in [-0.25, -0.2) is 0 Å². The first kappa shape index (κ1) is 20.4. The van der Waals surface area contributed by atoms with Crippen molar-refractivity contribution in [2.45, 2.75) is 32.1 Å². The number of halogens is 1. The first-order chi connectivity index (χ1) is 7.89. The van der Waals surface area contributed by atoms with Gasteiger partial charge < -0.3 is 28.5 Å². The van der Waals surface area contributed by atoms with Crippen LogP contribution in [0.2, 0.25) is 25.7 Å². The first-order valence-corrected chi connectivity index (χ1v) is 10.3. The molecule has 0 radical (unpaired) electrons. The van der Waals surface area contributed by atoms with Crippen molar-refractivity contribution in [3.05, 3.63) is 38.0 Å². The third-order valence-electron chi connectivity index (χ3n) is 3.11. The molecule has 0 saturated heterocycles. The van der Waals surface area contributed by atoms with Gasteiger partial charge in [-0.15, -0.1) is 0 Å². The van der Waals surface area contributed by atoms with Crippen LogP contribution in [0.25, 0.3) is 0 Å². The van der Waals surface area contributed by atoms with Crippen LogP contribution in [0.4, 0.5) is 0 Å². The molecule has 0 aromatic heterocycles. The molecule has 0 atom stereocenters. The summed E-state index contributed by atoms with van der Waals surface area (Å²) in [4.78, 5) is 0. The van der Waals surface area contributed by atoms with E-state index in [1.54, 1.807) is 0 Å². The normalized spacial score (nSPS) is 11.5. The zero-order valence-electron chi connectivity index (χ0n) is 12.4. The van der Waals surface area contributed by atoms with Crippen molar-refractivity contribution in [2.75, 3.05) is 26.2 Å². The fourth-order valence-corrected chi connectivity index (χ4v) is 3.48. The molecule has 0 rings (SSSR count). The standard InChI is InChI=1S/C15H30NSi.HI/c1-7-11-16(12-8-2,13-9-3)14-10-15-17(4,5)6;/h7-9H,1-3,10-15H2,4-6H3;1H/q+1;/p-1. The van der Waals surface area contributed by atoms with Gasteiger partial charge in [0.1, 0.15) is 0 Å². The molecule has 0 aliphatic heterocycles. The third kappa shape index (κ3) is 9.11. The number of rotatable bonds is 10. The zero-order chi connectivity index (χ0) is 13.4. The highest BCUT2D eigenvalue weighted by Gasteiger charge is 2.24. The highest BCUT2D eigenvalue weighted by atomic mass is 127. The predicted octanol–water partition coefficient (Wildman–Crippen LogP) is 1.09. The molecule has 0 aliphatic rings. The van der Waals surface area contributed by atoms with E-state index in [2.05, 4.69) is 39.4 Å². The van der Waals surface area contributed by atoms with Crippen LogP contribution in [0, 0.1) is 0 Å². The molecular formula is C15H30INSi. The zero-order valence-corrected chi connectivity index (χ0v) is 15.6. The summed E-state index contributed by atoms with van der Waals surface area (Å²) in [6, 6.07) is 1.40. The van der Waals surface area contributed by atoms with Gasteiger partial charge in [0.15, 0.2) is 0 Å². The minimum absolute atomic E-state index is 0. The Bertz CT molecular complexity index is 229. The van der Waals surface area contributed by atoms with Gasteiger partial charge in [-0.05, 0) is 24.6 Å². The van der Waals surface area contributed by atoms with E-state index >= 15 is 0 Å². The van der Waals surface area contributed by atoms with Crippen LogP contribution in [-0.4, -0.2) is 38.7 Å². The van der Waals surface area contributed by atoms with E-state index in [1.165, 1.54) is 19.0 Å². The molecule has 0 bridgehead atoms. The molecule has 0 unspecified atom stereocenters. The molecule has 0 spiro atoms. The Hall–Kier alpha value is 0.127. The second kappa shape index (κ2) is 9.98. The molecule has 18 heavy (non-hydrogen) atoms. The van der Waals surface area contributed by atoms with Crippen molar-refractivity contribution < 1.29 is 28.5 Å². The Morgan fingerprint density at radius 2 is 1.28 bits per heavy atom. The lowest BCUT2D eigenvalue weighted by atomic mass is 10.2. The molecule has 106 valence electrons. The van der Waals surface area contributed by atoms with E-state index in [4.69, 9.17) is 0 Å². The van der Waals surface area contributed by atoms with Gasteiger partial charge in [0.2, 0.25) is 0 Å². The smallest absolute Gasteiger partial charge is 0.0975 e. The molecule has 0 saturated carbocycles. The average Bonchev–Trinajstić information content (AvgIpc) is 2.16. The lowest BCUT2D eigenvalue weighted by molar-refractivity contribution is -0.911. The minimum Gasteiger partial charge on any atom is -1.00 e. The van der Waals surface area contributed by atoms with Gasteiger partial charge in [-0.2, -0.15) is 0 Å². The highest BCUT2D eigenvalue weighted by Crippen LogP contribution is 2.16. The van der Waals surface area contributed by atoms with E-state index in [0.717, 1.165) is 24.1 Å². The van der Waals surface area contributed by atoms with Crippen LogP contribution in [0.1, 0.15) is 6.42 Å². The van der Waals surface area contributed by atoms with Crippen molar-refractivity contribution in [1.82, 2.24) is 0 Å². The quantitative estimate of drug-likeness (QED) is 0.231. The summed E-state index contributed by atoms with van der Waals surface area (Å²) in [5.41, 5.74) is 0.